The third-order valence-corrected chi connectivity index (χ3v) is 15.2. The lowest BCUT2D eigenvalue weighted by molar-refractivity contribution is -0.0399. The molecule has 4 bridgehead atoms. The van der Waals surface area contributed by atoms with E-state index < -0.39 is 0 Å². The molecule has 6 aliphatic carbocycles. The molecule has 6 aliphatic rings. The Kier molecular flexibility index (Phi) is 6.33. The normalized spacial score (nSPS) is 25.0. The highest BCUT2D eigenvalue weighted by atomic mass is 16.3. The zero-order valence-corrected chi connectivity index (χ0v) is 32.7. The fourth-order valence-electron chi connectivity index (χ4n) is 12.9. The van der Waals surface area contributed by atoms with Crippen molar-refractivity contribution in [3.8, 4) is 22.3 Å². The maximum atomic E-state index is 6.68. The van der Waals surface area contributed by atoms with E-state index in [2.05, 4.69) is 161 Å². The highest BCUT2D eigenvalue weighted by Gasteiger charge is 2.61. The van der Waals surface area contributed by atoms with Crippen molar-refractivity contribution < 1.29 is 4.42 Å². The molecule has 0 N–H and O–H groups in total. The lowest BCUT2D eigenvalue weighted by Crippen LogP contribution is -2.55. The van der Waals surface area contributed by atoms with Crippen LogP contribution in [0.2, 0.25) is 0 Å². The van der Waals surface area contributed by atoms with E-state index in [1.54, 1.807) is 11.1 Å². The molecule has 0 aliphatic heterocycles. The Morgan fingerprint density at radius 1 is 0.509 bits per heavy atom. The van der Waals surface area contributed by atoms with E-state index in [0.29, 0.717) is 0 Å². The van der Waals surface area contributed by atoms with Gasteiger partial charge in [0, 0.05) is 44.7 Å². The number of furan rings is 1. The van der Waals surface area contributed by atoms with Crippen LogP contribution < -0.4 is 4.90 Å². The zero-order valence-electron chi connectivity index (χ0n) is 32.7. The Morgan fingerprint density at radius 2 is 1.07 bits per heavy atom. The average molecular weight is 716 g/mol. The number of benzene rings is 6. The summed E-state index contributed by atoms with van der Waals surface area (Å²) in [5, 5.41) is 2.36. The number of rotatable bonds is 3. The first-order chi connectivity index (χ1) is 26.6. The molecule has 2 nitrogen and oxygen atoms in total. The van der Waals surface area contributed by atoms with Gasteiger partial charge in [-0.25, -0.2) is 0 Å². The summed E-state index contributed by atoms with van der Waals surface area (Å²) in [6, 6.07) is 46.8. The fraction of sp³-hybridized carbons (Fsp3) is 0.321. The van der Waals surface area contributed by atoms with Gasteiger partial charge in [-0.2, -0.15) is 0 Å². The van der Waals surface area contributed by atoms with Gasteiger partial charge in [0.15, 0.2) is 0 Å². The Hall–Kier alpha value is -5.08. The summed E-state index contributed by atoms with van der Waals surface area (Å²) in [7, 11) is 0. The van der Waals surface area contributed by atoms with Gasteiger partial charge in [0.2, 0.25) is 0 Å². The van der Waals surface area contributed by atoms with Crippen LogP contribution in [0.3, 0.4) is 0 Å². The van der Waals surface area contributed by atoms with E-state index in [4.69, 9.17) is 4.42 Å². The van der Waals surface area contributed by atoms with Gasteiger partial charge in [-0.05, 0) is 160 Å². The van der Waals surface area contributed by atoms with Crippen molar-refractivity contribution in [2.75, 3.05) is 4.90 Å². The molecule has 0 saturated heterocycles. The maximum absolute atomic E-state index is 6.68. The van der Waals surface area contributed by atoms with Crippen LogP contribution in [0.1, 0.15) is 94.5 Å². The highest BCUT2D eigenvalue weighted by molar-refractivity contribution is 6.06. The van der Waals surface area contributed by atoms with Crippen LogP contribution in [0.25, 0.3) is 44.2 Å². The standard InChI is InChI=1S/C53H49NO/c1-51(2,3)33-14-21-49-44(27-33)43-20-17-38(30-50(43)55-49)54(36-15-18-41-39-10-6-8-12-45(39)52(4,5)47(41)28-36)37-16-19-42-40-11-7-9-13-46(40)53(48(42)29-37)34-23-31-22-32(25-34)26-35(53)24-31/h6-21,27-32,34-35H,22-26H2,1-5H3. The molecule has 0 radical (unpaired) electrons. The molecule has 4 fully saturated rings. The minimum atomic E-state index is -0.0922. The first-order valence-electron chi connectivity index (χ1n) is 20.8. The molecule has 0 atom stereocenters. The quantitative estimate of drug-likeness (QED) is 0.181. The topological polar surface area (TPSA) is 16.4 Å². The molecule has 1 spiro atoms. The number of hydrogen-bond donors (Lipinski definition) is 0. The van der Waals surface area contributed by atoms with Crippen LogP contribution in [0.15, 0.2) is 126 Å². The molecule has 0 unspecified atom stereocenters. The van der Waals surface area contributed by atoms with Gasteiger partial charge >= 0.3 is 0 Å². The smallest absolute Gasteiger partial charge is 0.137 e. The summed E-state index contributed by atoms with van der Waals surface area (Å²) in [5.74, 6) is 3.27. The van der Waals surface area contributed by atoms with Gasteiger partial charge in [0.1, 0.15) is 11.2 Å². The lowest BCUT2D eigenvalue weighted by atomic mass is 9.43. The van der Waals surface area contributed by atoms with Crippen LogP contribution in [0.4, 0.5) is 17.1 Å². The van der Waals surface area contributed by atoms with Gasteiger partial charge in [0.25, 0.3) is 0 Å². The average Bonchev–Trinajstić information content (AvgIpc) is 3.76. The Morgan fingerprint density at radius 3 is 1.76 bits per heavy atom. The molecule has 7 aromatic rings. The first-order valence-corrected chi connectivity index (χ1v) is 20.8. The van der Waals surface area contributed by atoms with Crippen molar-refractivity contribution in [3.63, 3.8) is 0 Å². The van der Waals surface area contributed by atoms with E-state index in [-0.39, 0.29) is 16.2 Å². The molecular formula is C53H49NO. The van der Waals surface area contributed by atoms with E-state index in [1.807, 2.05) is 0 Å². The SMILES string of the molecule is CC(C)(C)c1ccc2oc3cc(N(c4ccc5c(c4)C(C)(C)c4ccccc4-5)c4ccc5c(c4)C4(c6ccccc6-5)C5CC6CC(C5)CC4C6)ccc3c2c1. The first kappa shape index (κ1) is 32.2. The van der Waals surface area contributed by atoms with Crippen LogP contribution in [0, 0.1) is 23.7 Å². The van der Waals surface area contributed by atoms with Crippen LogP contribution in [-0.4, -0.2) is 0 Å². The summed E-state index contributed by atoms with van der Waals surface area (Å²) < 4.78 is 6.68. The minimum Gasteiger partial charge on any atom is -0.456 e. The molecule has 272 valence electrons. The van der Waals surface area contributed by atoms with Gasteiger partial charge in [-0.15, -0.1) is 0 Å². The molecule has 13 rings (SSSR count). The summed E-state index contributed by atoms with van der Waals surface area (Å²) in [4.78, 5) is 2.53. The van der Waals surface area contributed by atoms with E-state index in [9.17, 15) is 0 Å². The number of anilines is 3. The van der Waals surface area contributed by atoms with E-state index in [0.717, 1.165) is 40.5 Å². The summed E-state index contributed by atoms with van der Waals surface area (Å²) in [6.07, 6.45) is 7.00. The fourth-order valence-corrected chi connectivity index (χ4v) is 12.9. The monoisotopic (exact) mass is 715 g/mol. The minimum absolute atomic E-state index is 0.0668. The van der Waals surface area contributed by atoms with Crippen LogP contribution >= 0.6 is 0 Å². The maximum Gasteiger partial charge on any atom is 0.137 e. The van der Waals surface area contributed by atoms with Crippen molar-refractivity contribution in [1.29, 1.82) is 0 Å². The second kappa shape index (κ2) is 10.8. The largest absolute Gasteiger partial charge is 0.456 e. The lowest BCUT2D eigenvalue weighted by Gasteiger charge is -2.61. The van der Waals surface area contributed by atoms with Crippen LogP contribution in [0.5, 0.6) is 0 Å². The Bertz CT molecular complexity index is 2720. The summed E-state index contributed by atoms with van der Waals surface area (Å²) in [6.45, 7) is 11.6. The number of hydrogen-bond acceptors (Lipinski definition) is 2. The van der Waals surface area contributed by atoms with Crippen molar-refractivity contribution in [1.82, 2.24) is 0 Å². The third kappa shape index (κ3) is 4.26. The van der Waals surface area contributed by atoms with E-state index >= 15 is 0 Å². The van der Waals surface area contributed by atoms with Gasteiger partial charge in [-0.3, -0.25) is 0 Å². The number of fused-ring (bicyclic) bond motifs is 9. The molecule has 2 heteroatoms. The van der Waals surface area contributed by atoms with Gasteiger partial charge < -0.3 is 9.32 Å². The molecule has 1 aromatic heterocycles. The molecular weight excluding hydrogens is 667 g/mol. The molecule has 0 amide bonds. The van der Waals surface area contributed by atoms with Gasteiger partial charge in [0.05, 0.1) is 0 Å². The van der Waals surface area contributed by atoms with Crippen molar-refractivity contribution in [2.24, 2.45) is 23.7 Å². The van der Waals surface area contributed by atoms with Gasteiger partial charge in [-0.1, -0.05) is 101 Å². The predicted octanol–water partition coefficient (Wildman–Crippen LogP) is 14.4. The predicted molar refractivity (Wildman–Crippen MR) is 228 cm³/mol. The summed E-state index contributed by atoms with van der Waals surface area (Å²) in [5.41, 5.74) is 18.5. The summed E-state index contributed by atoms with van der Waals surface area (Å²) >= 11 is 0. The molecule has 55 heavy (non-hydrogen) atoms. The van der Waals surface area contributed by atoms with Crippen molar-refractivity contribution in [2.45, 2.75) is 83.0 Å². The van der Waals surface area contributed by atoms with Crippen LogP contribution in [-0.2, 0) is 16.2 Å². The molecule has 1 heterocycles. The zero-order chi connectivity index (χ0) is 37.0. The van der Waals surface area contributed by atoms with Crippen molar-refractivity contribution >= 4 is 39.0 Å². The second-order valence-electron chi connectivity index (χ2n) is 19.4. The molecule has 4 saturated carbocycles. The van der Waals surface area contributed by atoms with E-state index in [1.165, 1.54) is 93.2 Å². The highest BCUT2D eigenvalue weighted by Crippen LogP contribution is 2.69. The second-order valence-corrected chi connectivity index (χ2v) is 19.4. The number of nitrogens with zero attached hydrogens (tertiary/aromatic N) is 1. The molecule has 6 aromatic carbocycles. The Balaban J connectivity index is 1.07. The van der Waals surface area contributed by atoms with Crippen molar-refractivity contribution in [3.05, 3.63) is 149 Å². The Labute approximate surface area is 325 Å². The third-order valence-electron chi connectivity index (χ3n) is 15.2.